The number of nitrogens with one attached hydrogen (secondary N) is 1. The largest absolute Gasteiger partial charge is 0.496 e. The highest BCUT2D eigenvalue weighted by molar-refractivity contribution is 5.77. The number of carbonyl (C=O) groups excluding carboxylic acids is 1. The molecule has 0 saturated heterocycles. The van der Waals surface area contributed by atoms with Crippen LogP contribution in [-0.4, -0.2) is 23.2 Å². The van der Waals surface area contributed by atoms with Crippen LogP contribution in [0.1, 0.15) is 43.7 Å². The van der Waals surface area contributed by atoms with E-state index < -0.39 is 0 Å². The van der Waals surface area contributed by atoms with Gasteiger partial charge >= 0.3 is 0 Å². The maximum Gasteiger partial charge on any atom is 0.249 e. The molecular weight excluding hydrogens is 342 g/mol. The Hall–Kier alpha value is -3.15. The summed E-state index contributed by atoms with van der Waals surface area (Å²) < 4.78 is 10.7. The summed E-state index contributed by atoms with van der Waals surface area (Å²) in [5.41, 5.74) is 1.88. The number of ether oxygens (including phenoxy) is 1. The first-order valence-electron chi connectivity index (χ1n) is 8.89. The van der Waals surface area contributed by atoms with Gasteiger partial charge in [-0.05, 0) is 30.5 Å². The Morgan fingerprint density at radius 2 is 1.81 bits per heavy atom. The van der Waals surface area contributed by atoms with Gasteiger partial charge in [0.25, 0.3) is 0 Å². The molecule has 0 radical (unpaired) electrons. The van der Waals surface area contributed by atoms with Crippen molar-refractivity contribution in [2.75, 3.05) is 7.11 Å². The van der Waals surface area contributed by atoms with Crippen LogP contribution >= 0.6 is 0 Å². The average molecular weight is 365 g/mol. The number of para-hydroxylation sites is 1. The molecule has 27 heavy (non-hydrogen) atoms. The summed E-state index contributed by atoms with van der Waals surface area (Å²) in [6, 6.07) is 17.0. The van der Waals surface area contributed by atoms with E-state index in [2.05, 4.69) is 15.5 Å². The van der Waals surface area contributed by atoms with Crippen LogP contribution in [0.5, 0.6) is 5.75 Å². The van der Waals surface area contributed by atoms with Crippen molar-refractivity contribution >= 4 is 5.91 Å². The van der Waals surface area contributed by atoms with Crippen molar-refractivity contribution in [3.05, 3.63) is 66.1 Å². The smallest absolute Gasteiger partial charge is 0.249 e. The third-order valence-corrected chi connectivity index (χ3v) is 4.40. The molecule has 6 nitrogen and oxygen atoms in total. The Morgan fingerprint density at radius 3 is 2.56 bits per heavy atom. The molecule has 0 aliphatic carbocycles. The van der Waals surface area contributed by atoms with E-state index in [-0.39, 0.29) is 17.9 Å². The summed E-state index contributed by atoms with van der Waals surface area (Å²) in [6.07, 6.45) is 0.391. The minimum atomic E-state index is -0.378. The van der Waals surface area contributed by atoms with Gasteiger partial charge in [0.05, 0.1) is 12.7 Å². The first-order chi connectivity index (χ1) is 13.1. The summed E-state index contributed by atoms with van der Waals surface area (Å²) in [5.74, 6) is 1.53. The van der Waals surface area contributed by atoms with Crippen LogP contribution < -0.4 is 10.1 Å². The number of carbonyl (C=O) groups is 1. The van der Waals surface area contributed by atoms with Crippen molar-refractivity contribution in [3.8, 4) is 17.1 Å². The molecule has 3 rings (SSSR count). The maximum atomic E-state index is 12.4. The summed E-state index contributed by atoms with van der Waals surface area (Å²) >= 11 is 0. The number of rotatable bonds is 7. The molecule has 0 spiro atoms. The molecule has 0 bridgehead atoms. The third-order valence-electron chi connectivity index (χ3n) is 4.40. The topological polar surface area (TPSA) is 77.3 Å². The first-order valence-corrected chi connectivity index (χ1v) is 8.89. The molecule has 1 aromatic heterocycles. The van der Waals surface area contributed by atoms with Crippen LogP contribution in [0.4, 0.5) is 0 Å². The molecule has 6 heteroatoms. The van der Waals surface area contributed by atoms with Crippen molar-refractivity contribution < 1.29 is 14.1 Å². The number of aromatic nitrogens is 2. The number of methoxy groups -OCH3 is 1. The highest BCUT2D eigenvalue weighted by Crippen LogP contribution is 2.28. The number of hydrogen-bond acceptors (Lipinski definition) is 5. The van der Waals surface area contributed by atoms with Gasteiger partial charge in [-0.25, -0.2) is 0 Å². The van der Waals surface area contributed by atoms with E-state index in [0.717, 1.165) is 11.1 Å². The molecule has 3 aromatic rings. The fraction of sp³-hybridized carbons (Fsp3) is 0.286. The average Bonchev–Trinajstić information content (AvgIpc) is 3.18. The Bertz CT molecular complexity index is 892. The van der Waals surface area contributed by atoms with Crippen molar-refractivity contribution in [2.24, 2.45) is 0 Å². The van der Waals surface area contributed by atoms with E-state index in [1.54, 1.807) is 7.11 Å². The third kappa shape index (κ3) is 4.53. The number of benzene rings is 2. The van der Waals surface area contributed by atoms with E-state index in [0.29, 0.717) is 23.9 Å². The monoisotopic (exact) mass is 365 g/mol. The van der Waals surface area contributed by atoms with E-state index in [9.17, 15) is 4.79 Å². The Kier molecular flexibility index (Phi) is 5.86. The lowest BCUT2D eigenvalue weighted by Gasteiger charge is -2.14. The van der Waals surface area contributed by atoms with E-state index in [4.69, 9.17) is 9.26 Å². The van der Waals surface area contributed by atoms with Gasteiger partial charge in [-0.2, -0.15) is 4.98 Å². The predicted molar refractivity (Wildman–Crippen MR) is 102 cm³/mol. The SMILES string of the molecule is COc1ccccc1-c1noc(C(C)NC(=O)CC(C)c2ccccc2)n1. The molecular formula is C21H23N3O3. The van der Waals surface area contributed by atoms with Crippen molar-refractivity contribution in [3.63, 3.8) is 0 Å². The Morgan fingerprint density at radius 1 is 1.11 bits per heavy atom. The standard InChI is InChI=1S/C21H23N3O3/c1-14(16-9-5-4-6-10-16)13-19(25)22-15(2)21-23-20(24-27-21)17-11-7-8-12-18(17)26-3/h4-12,14-15H,13H2,1-3H3,(H,22,25). The maximum absolute atomic E-state index is 12.4. The van der Waals surface area contributed by atoms with Crippen molar-refractivity contribution in [1.29, 1.82) is 0 Å². The second kappa shape index (κ2) is 8.49. The molecule has 1 heterocycles. The van der Waals surface area contributed by atoms with Gasteiger partial charge in [0.1, 0.15) is 11.8 Å². The van der Waals surface area contributed by atoms with Gasteiger partial charge in [0, 0.05) is 6.42 Å². The lowest BCUT2D eigenvalue weighted by molar-refractivity contribution is -0.122. The fourth-order valence-corrected chi connectivity index (χ4v) is 2.89. The zero-order valence-electron chi connectivity index (χ0n) is 15.7. The Labute approximate surface area is 158 Å². The molecule has 0 fully saturated rings. The molecule has 2 aromatic carbocycles. The molecule has 1 amide bonds. The van der Waals surface area contributed by atoms with E-state index in [1.807, 2.05) is 68.4 Å². The van der Waals surface area contributed by atoms with Crippen LogP contribution in [-0.2, 0) is 4.79 Å². The van der Waals surface area contributed by atoms with Crippen LogP contribution in [0.2, 0.25) is 0 Å². The normalized spacial score (nSPS) is 13.0. The van der Waals surface area contributed by atoms with Crippen LogP contribution in [0, 0.1) is 0 Å². The zero-order chi connectivity index (χ0) is 19.2. The Balaban J connectivity index is 1.64. The molecule has 0 aliphatic rings. The van der Waals surface area contributed by atoms with E-state index in [1.165, 1.54) is 0 Å². The van der Waals surface area contributed by atoms with Crippen LogP contribution in [0.3, 0.4) is 0 Å². The lowest BCUT2D eigenvalue weighted by atomic mass is 9.97. The minimum Gasteiger partial charge on any atom is -0.496 e. The van der Waals surface area contributed by atoms with Gasteiger partial charge < -0.3 is 14.6 Å². The summed E-state index contributed by atoms with van der Waals surface area (Å²) in [6.45, 7) is 3.86. The fourth-order valence-electron chi connectivity index (χ4n) is 2.89. The number of nitrogens with zero attached hydrogens (tertiary/aromatic N) is 2. The highest BCUT2D eigenvalue weighted by atomic mass is 16.5. The minimum absolute atomic E-state index is 0.0594. The molecule has 140 valence electrons. The molecule has 0 aliphatic heterocycles. The van der Waals surface area contributed by atoms with Gasteiger partial charge in [0.2, 0.25) is 17.6 Å². The first kappa shape index (κ1) is 18.6. The summed E-state index contributed by atoms with van der Waals surface area (Å²) in [7, 11) is 1.59. The van der Waals surface area contributed by atoms with Gasteiger partial charge in [0.15, 0.2) is 0 Å². The number of amides is 1. The summed E-state index contributed by atoms with van der Waals surface area (Å²) in [4.78, 5) is 16.8. The van der Waals surface area contributed by atoms with Crippen molar-refractivity contribution in [1.82, 2.24) is 15.5 Å². The highest BCUT2D eigenvalue weighted by Gasteiger charge is 2.20. The molecule has 2 atom stereocenters. The molecule has 1 N–H and O–H groups in total. The van der Waals surface area contributed by atoms with Gasteiger partial charge in [-0.15, -0.1) is 0 Å². The zero-order valence-corrected chi connectivity index (χ0v) is 15.7. The van der Waals surface area contributed by atoms with Crippen LogP contribution in [0.15, 0.2) is 59.1 Å². The van der Waals surface area contributed by atoms with Crippen molar-refractivity contribution in [2.45, 2.75) is 32.2 Å². The van der Waals surface area contributed by atoms with E-state index >= 15 is 0 Å². The second-order valence-electron chi connectivity index (χ2n) is 6.46. The quantitative estimate of drug-likeness (QED) is 0.681. The van der Waals surface area contributed by atoms with Crippen LogP contribution in [0.25, 0.3) is 11.4 Å². The summed E-state index contributed by atoms with van der Waals surface area (Å²) in [5, 5.41) is 6.94. The van der Waals surface area contributed by atoms with Gasteiger partial charge in [-0.1, -0.05) is 54.5 Å². The number of hydrogen-bond donors (Lipinski definition) is 1. The molecule has 0 saturated carbocycles. The lowest BCUT2D eigenvalue weighted by Crippen LogP contribution is -2.27. The second-order valence-corrected chi connectivity index (χ2v) is 6.46. The predicted octanol–water partition coefficient (Wildman–Crippen LogP) is 4.12. The molecule has 2 unspecified atom stereocenters. The van der Waals surface area contributed by atoms with Gasteiger partial charge in [-0.3, -0.25) is 4.79 Å².